The van der Waals surface area contributed by atoms with E-state index in [-0.39, 0.29) is 17.1 Å². The molecule has 1 aromatic rings. The van der Waals surface area contributed by atoms with Crippen molar-refractivity contribution in [2.45, 2.75) is 45.8 Å². The standard InChI is InChI=1S/C16H21ClFNO4/c1-5-8-19(15(22)23-16(2,3)4)13(14(20)21)11-9-10(17)6-7-12(11)18/h6-7,9,13H,5,8H2,1-4H3,(H,20,21). The predicted molar refractivity (Wildman–Crippen MR) is 85.0 cm³/mol. The van der Waals surface area contributed by atoms with E-state index in [1.807, 2.05) is 0 Å². The van der Waals surface area contributed by atoms with Crippen LogP contribution >= 0.6 is 11.6 Å². The molecule has 0 aromatic heterocycles. The highest BCUT2D eigenvalue weighted by Gasteiger charge is 2.35. The molecule has 1 unspecified atom stereocenters. The smallest absolute Gasteiger partial charge is 0.411 e. The highest BCUT2D eigenvalue weighted by Crippen LogP contribution is 2.28. The topological polar surface area (TPSA) is 66.8 Å². The number of rotatable bonds is 5. The van der Waals surface area contributed by atoms with Gasteiger partial charge in [0.15, 0.2) is 6.04 Å². The molecule has 0 heterocycles. The number of ether oxygens (including phenoxy) is 1. The number of hydrogen-bond acceptors (Lipinski definition) is 3. The molecule has 5 nitrogen and oxygen atoms in total. The maximum absolute atomic E-state index is 14.1. The fraction of sp³-hybridized carbons (Fsp3) is 0.500. The molecule has 1 amide bonds. The summed E-state index contributed by atoms with van der Waals surface area (Å²) in [5.41, 5.74) is -0.969. The van der Waals surface area contributed by atoms with Crippen molar-refractivity contribution in [3.63, 3.8) is 0 Å². The second-order valence-corrected chi connectivity index (χ2v) is 6.52. The lowest BCUT2D eigenvalue weighted by molar-refractivity contribution is -0.143. The van der Waals surface area contributed by atoms with Gasteiger partial charge in [-0.05, 0) is 45.4 Å². The summed E-state index contributed by atoms with van der Waals surface area (Å²) in [6.45, 7) is 6.91. The molecule has 0 saturated carbocycles. The van der Waals surface area contributed by atoms with Gasteiger partial charge in [0.1, 0.15) is 11.4 Å². The number of nitrogens with zero attached hydrogens (tertiary/aromatic N) is 1. The summed E-state index contributed by atoms with van der Waals surface area (Å²) in [7, 11) is 0. The molecular weight excluding hydrogens is 325 g/mol. The Bertz CT molecular complexity index is 586. The van der Waals surface area contributed by atoms with Gasteiger partial charge in [-0.25, -0.2) is 14.0 Å². The van der Waals surface area contributed by atoms with Crippen molar-refractivity contribution in [3.05, 3.63) is 34.6 Å². The van der Waals surface area contributed by atoms with Crippen LogP contribution in [0, 0.1) is 5.82 Å². The first-order valence-corrected chi connectivity index (χ1v) is 7.62. The Balaban J connectivity index is 3.29. The van der Waals surface area contributed by atoms with Crippen LogP contribution in [0.4, 0.5) is 9.18 Å². The van der Waals surface area contributed by atoms with Crippen LogP contribution in [-0.4, -0.2) is 34.2 Å². The molecule has 0 aliphatic heterocycles. The summed E-state index contributed by atoms with van der Waals surface area (Å²) < 4.78 is 19.3. The Morgan fingerprint density at radius 3 is 2.48 bits per heavy atom. The highest BCUT2D eigenvalue weighted by atomic mass is 35.5. The van der Waals surface area contributed by atoms with Gasteiger partial charge >= 0.3 is 12.1 Å². The van der Waals surface area contributed by atoms with Gasteiger partial charge in [0.25, 0.3) is 0 Å². The predicted octanol–water partition coefficient (Wildman–Crippen LogP) is 4.25. The van der Waals surface area contributed by atoms with Gasteiger partial charge in [0, 0.05) is 17.1 Å². The Hall–Kier alpha value is -1.82. The molecule has 0 fully saturated rings. The minimum absolute atomic E-state index is 0.109. The molecule has 0 aliphatic carbocycles. The summed E-state index contributed by atoms with van der Waals surface area (Å²) in [5.74, 6) is -2.10. The Labute approximate surface area is 140 Å². The number of aliphatic carboxylic acids is 1. The normalized spacial score (nSPS) is 12.6. The van der Waals surface area contributed by atoms with Crippen molar-refractivity contribution in [3.8, 4) is 0 Å². The van der Waals surface area contributed by atoms with Gasteiger partial charge in [-0.2, -0.15) is 0 Å². The fourth-order valence-electron chi connectivity index (χ4n) is 2.05. The molecule has 1 aromatic carbocycles. The van der Waals surface area contributed by atoms with Crippen LogP contribution in [0.3, 0.4) is 0 Å². The number of amides is 1. The van der Waals surface area contributed by atoms with Gasteiger partial charge in [0.2, 0.25) is 0 Å². The lowest BCUT2D eigenvalue weighted by atomic mass is 10.0. The van der Waals surface area contributed by atoms with E-state index in [2.05, 4.69) is 0 Å². The number of benzene rings is 1. The van der Waals surface area contributed by atoms with E-state index in [4.69, 9.17) is 16.3 Å². The van der Waals surface area contributed by atoms with Crippen molar-refractivity contribution in [1.82, 2.24) is 4.90 Å². The number of carboxylic acids is 1. The second kappa shape index (κ2) is 7.64. The monoisotopic (exact) mass is 345 g/mol. The maximum atomic E-state index is 14.1. The Morgan fingerprint density at radius 2 is 2.00 bits per heavy atom. The zero-order valence-electron chi connectivity index (χ0n) is 13.6. The minimum atomic E-state index is -1.51. The van der Waals surface area contributed by atoms with Crippen molar-refractivity contribution >= 4 is 23.7 Å². The molecule has 0 spiro atoms. The van der Waals surface area contributed by atoms with E-state index in [0.717, 1.165) is 11.0 Å². The van der Waals surface area contributed by atoms with E-state index in [1.54, 1.807) is 27.7 Å². The van der Waals surface area contributed by atoms with Gasteiger partial charge in [0.05, 0.1) is 0 Å². The van der Waals surface area contributed by atoms with Gasteiger partial charge in [-0.3, -0.25) is 4.90 Å². The van der Waals surface area contributed by atoms with Crippen molar-refractivity contribution < 1.29 is 23.8 Å². The van der Waals surface area contributed by atoms with Crippen LogP contribution in [0.2, 0.25) is 5.02 Å². The summed E-state index contributed by atoms with van der Waals surface area (Å²) in [6.07, 6.45) is -0.322. The van der Waals surface area contributed by atoms with E-state index < -0.39 is 29.5 Å². The zero-order chi connectivity index (χ0) is 17.8. The summed E-state index contributed by atoms with van der Waals surface area (Å²) in [6, 6.07) is 2.09. The maximum Gasteiger partial charge on any atom is 0.411 e. The number of hydrogen-bond donors (Lipinski definition) is 1. The number of carbonyl (C=O) groups excluding carboxylic acids is 1. The first-order valence-electron chi connectivity index (χ1n) is 7.24. The van der Waals surface area contributed by atoms with Crippen LogP contribution in [0.25, 0.3) is 0 Å². The van der Waals surface area contributed by atoms with Crippen LogP contribution in [0.1, 0.15) is 45.7 Å². The Morgan fingerprint density at radius 1 is 1.39 bits per heavy atom. The molecule has 1 rings (SSSR count). The largest absolute Gasteiger partial charge is 0.479 e. The van der Waals surface area contributed by atoms with E-state index in [9.17, 15) is 19.1 Å². The third-order valence-electron chi connectivity index (χ3n) is 2.89. The van der Waals surface area contributed by atoms with Crippen molar-refractivity contribution in [1.29, 1.82) is 0 Å². The van der Waals surface area contributed by atoms with E-state index >= 15 is 0 Å². The molecule has 7 heteroatoms. The molecular formula is C16H21ClFNO4. The van der Waals surface area contributed by atoms with Crippen LogP contribution in [0.5, 0.6) is 0 Å². The van der Waals surface area contributed by atoms with Crippen LogP contribution in [0.15, 0.2) is 18.2 Å². The van der Waals surface area contributed by atoms with Crippen molar-refractivity contribution in [2.75, 3.05) is 6.54 Å². The minimum Gasteiger partial charge on any atom is -0.479 e. The van der Waals surface area contributed by atoms with Gasteiger partial charge in [-0.1, -0.05) is 18.5 Å². The number of halogens is 2. The molecule has 1 atom stereocenters. The zero-order valence-corrected chi connectivity index (χ0v) is 14.4. The molecule has 0 bridgehead atoms. The Kier molecular flexibility index (Phi) is 6.38. The molecule has 1 N–H and O–H groups in total. The first-order chi connectivity index (χ1) is 10.6. The summed E-state index contributed by atoms with van der Waals surface area (Å²) in [5, 5.41) is 9.72. The second-order valence-electron chi connectivity index (χ2n) is 6.08. The lowest BCUT2D eigenvalue weighted by Crippen LogP contribution is -2.43. The summed E-state index contributed by atoms with van der Waals surface area (Å²) in [4.78, 5) is 25.0. The van der Waals surface area contributed by atoms with E-state index in [1.165, 1.54) is 12.1 Å². The average Bonchev–Trinajstić information content (AvgIpc) is 2.39. The molecule has 0 saturated heterocycles. The van der Waals surface area contributed by atoms with E-state index in [0.29, 0.717) is 6.42 Å². The fourth-order valence-corrected chi connectivity index (χ4v) is 2.23. The van der Waals surface area contributed by atoms with Crippen LogP contribution < -0.4 is 0 Å². The third-order valence-corrected chi connectivity index (χ3v) is 3.13. The molecule has 0 radical (unpaired) electrons. The molecule has 0 aliphatic rings. The highest BCUT2D eigenvalue weighted by molar-refractivity contribution is 6.30. The molecule has 128 valence electrons. The van der Waals surface area contributed by atoms with Gasteiger partial charge < -0.3 is 9.84 Å². The molecule has 23 heavy (non-hydrogen) atoms. The quantitative estimate of drug-likeness (QED) is 0.866. The van der Waals surface area contributed by atoms with Crippen molar-refractivity contribution in [2.24, 2.45) is 0 Å². The average molecular weight is 346 g/mol. The van der Waals surface area contributed by atoms with Gasteiger partial charge in [-0.15, -0.1) is 0 Å². The first kappa shape index (κ1) is 19.2. The SMILES string of the molecule is CCCN(C(=O)OC(C)(C)C)C(C(=O)O)c1cc(Cl)ccc1F. The third kappa shape index (κ3) is 5.39. The summed E-state index contributed by atoms with van der Waals surface area (Å²) >= 11 is 5.84. The number of carboxylic acid groups (broad SMARTS) is 1. The lowest BCUT2D eigenvalue weighted by Gasteiger charge is -2.31. The number of carbonyl (C=O) groups is 2. The van der Waals surface area contributed by atoms with Crippen LogP contribution in [-0.2, 0) is 9.53 Å².